The Balaban J connectivity index is 1.52. The molecule has 12 heteroatoms. The molecular weight excluding hydrogens is 829 g/mol. The minimum atomic E-state index is -1.84. The fourth-order valence-corrected chi connectivity index (χ4v) is 14.3. The van der Waals surface area contributed by atoms with Crippen molar-refractivity contribution in [2.75, 3.05) is 0 Å². The highest BCUT2D eigenvalue weighted by Crippen LogP contribution is 2.36. The van der Waals surface area contributed by atoms with Crippen molar-refractivity contribution >= 4 is 39.2 Å². The van der Waals surface area contributed by atoms with E-state index in [1.54, 1.807) is 0 Å². The highest BCUT2D eigenvalue weighted by atomic mass is 28.4. The van der Waals surface area contributed by atoms with Crippen molar-refractivity contribution in [2.24, 2.45) is 0 Å². The molecule has 3 rings (SSSR count). The smallest absolute Gasteiger partial charge is 0.334 e. The Hall–Kier alpha value is -0.162. The molecule has 0 aliphatic carbocycles. The van der Waals surface area contributed by atoms with Crippen molar-refractivity contribution in [3.8, 4) is 0 Å². The van der Waals surface area contributed by atoms with Crippen molar-refractivity contribution in [3.05, 3.63) is 11.6 Å². The molecule has 0 radical (unpaired) electrons. The van der Waals surface area contributed by atoms with Gasteiger partial charge in [-0.15, -0.1) is 0 Å². The maximum absolute atomic E-state index is 12.3. The average Bonchev–Trinajstić information content (AvgIpc) is 3.88. The highest BCUT2D eigenvalue weighted by Gasteiger charge is 2.41. The summed E-state index contributed by atoms with van der Waals surface area (Å²) in [6.07, 6.45) is 29.8. The predicted octanol–water partition coefficient (Wildman–Crippen LogP) is 14.3. The first kappa shape index (κ1) is 55.2. The van der Waals surface area contributed by atoms with Gasteiger partial charge in [-0.1, -0.05) is 90.4 Å². The number of hydrogen-bond donors (Lipinski definition) is 0. The van der Waals surface area contributed by atoms with Crippen LogP contribution in [-0.4, -0.2) is 94.2 Å². The Kier molecular flexibility index (Phi) is 24.3. The summed E-state index contributed by atoms with van der Waals surface area (Å²) in [5, 5.41) is 0. The highest BCUT2D eigenvalue weighted by molar-refractivity contribution is 6.70. The summed E-state index contributed by atoms with van der Waals surface area (Å²) in [5.41, 5.74) is 0.782. The van der Waals surface area contributed by atoms with Crippen molar-refractivity contribution in [1.29, 1.82) is 0 Å². The zero-order chi connectivity index (χ0) is 45.3. The second-order valence-electron chi connectivity index (χ2n) is 23.0. The van der Waals surface area contributed by atoms with Gasteiger partial charge < -0.3 is 31.9 Å². The third kappa shape index (κ3) is 24.3. The van der Waals surface area contributed by atoms with Crippen LogP contribution in [0, 0.1) is 0 Å². The molecule has 0 saturated carbocycles. The minimum absolute atomic E-state index is 0.0687. The first-order valence-electron chi connectivity index (χ1n) is 25.4. The van der Waals surface area contributed by atoms with Gasteiger partial charge >= 0.3 is 5.97 Å². The van der Waals surface area contributed by atoms with Gasteiger partial charge in [0.25, 0.3) is 0 Å². The Labute approximate surface area is 381 Å². The molecule has 9 atom stereocenters. The van der Waals surface area contributed by atoms with E-state index in [2.05, 4.69) is 85.5 Å². The standard InChI is InChI=1S/C49H98O8Si4/c1-15-16-17-18-19-20-21-22-23-27-30-46(55-59(6,7)8)44-33-34-45(53-44)48(57-61(12,13)14)36-35-47(56-60(9,10)11)43-32-31-41(52-43)28-25-24-26-29-42(54-58(3,4)5)38-40-37-39(2)51-49(40)50/h37,39,41-48H,15-36,38H2,1-14H3/t39?,41-,42?,43+,44-,45+,46-,47+,48+/m1/s1. The number of ether oxygens (including phenoxy) is 3. The quantitative estimate of drug-likeness (QED) is 0.0366. The number of esters is 1. The topological polar surface area (TPSA) is 81.7 Å². The molecule has 0 spiro atoms. The van der Waals surface area contributed by atoms with E-state index in [0.717, 1.165) is 82.6 Å². The van der Waals surface area contributed by atoms with Crippen LogP contribution in [0.2, 0.25) is 78.6 Å². The zero-order valence-corrected chi connectivity index (χ0v) is 46.3. The summed E-state index contributed by atoms with van der Waals surface area (Å²) in [5.74, 6) is -0.174. The molecule has 0 amide bonds. The summed E-state index contributed by atoms with van der Waals surface area (Å²) in [6, 6.07) is 0. The molecule has 8 nitrogen and oxygen atoms in total. The Bertz CT molecular complexity index is 1250. The van der Waals surface area contributed by atoms with Gasteiger partial charge in [-0.2, -0.15) is 0 Å². The lowest BCUT2D eigenvalue weighted by Gasteiger charge is -2.35. The lowest BCUT2D eigenvalue weighted by Crippen LogP contribution is -2.43. The van der Waals surface area contributed by atoms with Crippen LogP contribution in [0.25, 0.3) is 0 Å². The van der Waals surface area contributed by atoms with Crippen LogP contribution in [0.3, 0.4) is 0 Å². The summed E-state index contributed by atoms with van der Waals surface area (Å²) in [4.78, 5) is 12.3. The van der Waals surface area contributed by atoms with Gasteiger partial charge in [-0.3, -0.25) is 0 Å². The summed E-state index contributed by atoms with van der Waals surface area (Å²) >= 11 is 0. The summed E-state index contributed by atoms with van der Waals surface area (Å²) < 4.78 is 46.7. The van der Waals surface area contributed by atoms with Crippen LogP contribution < -0.4 is 0 Å². The van der Waals surface area contributed by atoms with E-state index in [1.807, 2.05) is 13.0 Å². The average molecular weight is 928 g/mol. The number of unbranched alkanes of at least 4 members (excludes halogenated alkanes) is 11. The van der Waals surface area contributed by atoms with E-state index >= 15 is 0 Å². The molecule has 61 heavy (non-hydrogen) atoms. The summed E-state index contributed by atoms with van der Waals surface area (Å²) in [6.45, 7) is 31.8. The van der Waals surface area contributed by atoms with Gasteiger partial charge in [0, 0.05) is 18.1 Å². The normalized spacial score (nSPS) is 24.9. The number of carbonyl (C=O) groups is 1. The van der Waals surface area contributed by atoms with E-state index in [1.165, 1.54) is 64.2 Å². The van der Waals surface area contributed by atoms with E-state index in [0.29, 0.717) is 12.5 Å². The first-order chi connectivity index (χ1) is 28.5. The largest absolute Gasteiger partial charge is 0.455 e. The number of hydrogen-bond acceptors (Lipinski definition) is 8. The van der Waals surface area contributed by atoms with Crippen LogP contribution in [0.4, 0.5) is 0 Å². The molecule has 358 valence electrons. The molecule has 0 aromatic heterocycles. The molecule has 2 saturated heterocycles. The van der Waals surface area contributed by atoms with Crippen molar-refractivity contribution < 1.29 is 36.7 Å². The SMILES string of the molecule is CCCCCCCCCCCC[C@@H](O[Si](C)(C)C)[C@H]1CC[C@@H]([C@H](CC[C@H](O[Si](C)(C)C)[C@@H]2CC[C@@H](CCCCCC(CC3=CC(C)OC3=O)O[Si](C)(C)C)O2)O[Si](C)(C)C)O1. The van der Waals surface area contributed by atoms with Crippen LogP contribution in [0.15, 0.2) is 11.6 Å². The molecule has 0 aromatic rings. The van der Waals surface area contributed by atoms with E-state index in [4.69, 9.17) is 31.9 Å². The van der Waals surface area contributed by atoms with E-state index in [-0.39, 0.29) is 54.8 Å². The van der Waals surface area contributed by atoms with Gasteiger partial charge in [0.05, 0.1) is 42.7 Å². The van der Waals surface area contributed by atoms with Crippen molar-refractivity contribution in [3.63, 3.8) is 0 Å². The molecule has 0 bridgehead atoms. The van der Waals surface area contributed by atoms with E-state index < -0.39 is 33.3 Å². The molecule has 3 aliphatic heterocycles. The molecule has 3 aliphatic rings. The fraction of sp³-hybridized carbons (Fsp3) is 0.939. The van der Waals surface area contributed by atoms with E-state index in [9.17, 15) is 4.79 Å². The fourth-order valence-electron chi connectivity index (χ4n) is 9.59. The predicted molar refractivity (Wildman–Crippen MR) is 266 cm³/mol. The molecule has 2 unspecified atom stereocenters. The third-order valence-corrected chi connectivity index (χ3v) is 16.1. The molecule has 2 fully saturated rings. The lowest BCUT2D eigenvalue weighted by molar-refractivity contribution is -0.139. The Morgan fingerprint density at radius 2 is 0.967 bits per heavy atom. The maximum Gasteiger partial charge on any atom is 0.334 e. The summed E-state index contributed by atoms with van der Waals surface area (Å²) in [7, 11) is -7.14. The maximum atomic E-state index is 12.3. The van der Waals surface area contributed by atoms with Gasteiger partial charge in [0.2, 0.25) is 0 Å². The van der Waals surface area contributed by atoms with Crippen molar-refractivity contribution in [2.45, 2.75) is 295 Å². The van der Waals surface area contributed by atoms with Crippen LogP contribution in [-0.2, 0) is 36.7 Å². The van der Waals surface area contributed by atoms with Gasteiger partial charge in [-0.25, -0.2) is 4.79 Å². The second kappa shape index (κ2) is 26.8. The second-order valence-corrected chi connectivity index (χ2v) is 40.9. The number of carbonyl (C=O) groups excluding carboxylic acids is 1. The van der Waals surface area contributed by atoms with Crippen molar-refractivity contribution in [1.82, 2.24) is 0 Å². The molecule has 0 aromatic carbocycles. The number of cyclic esters (lactones) is 1. The lowest BCUT2D eigenvalue weighted by atomic mass is 9.98. The van der Waals surface area contributed by atoms with Crippen LogP contribution >= 0.6 is 0 Å². The monoisotopic (exact) mass is 927 g/mol. The van der Waals surface area contributed by atoms with Gasteiger partial charge in [0.15, 0.2) is 33.3 Å². The Morgan fingerprint density at radius 3 is 1.44 bits per heavy atom. The third-order valence-electron chi connectivity index (χ3n) is 12.1. The van der Waals surface area contributed by atoms with Crippen LogP contribution in [0.5, 0.6) is 0 Å². The Morgan fingerprint density at radius 1 is 0.541 bits per heavy atom. The van der Waals surface area contributed by atoms with Gasteiger partial charge in [0.1, 0.15) is 6.10 Å². The minimum Gasteiger partial charge on any atom is -0.455 e. The number of rotatable bonds is 33. The molecule has 3 heterocycles. The first-order valence-corrected chi connectivity index (χ1v) is 39.1. The van der Waals surface area contributed by atoms with Crippen LogP contribution in [0.1, 0.15) is 162 Å². The van der Waals surface area contributed by atoms with Gasteiger partial charge in [-0.05, 0) is 149 Å². The molecule has 0 N–H and O–H groups in total. The zero-order valence-electron chi connectivity index (χ0n) is 42.3. The molecular formula is C49H98O8Si4.